The van der Waals surface area contributed by atoms with Gasteiger partial charge in [-0.25, -0.2) is 13.1 Å². The number of aliphatic hydroxyl groups excluding tert-OH is 1. The summed E-state index contributed by atoms with van der Waals surface area (Å²) in [7, 11) is -0.634. The highest BCUT2D eigenvalue weighted by atomic mass is 32.2. The number of hydrogen-bond acceptors (Lipinski definition) is 5. The highest BCUT2D eigenvalue weighted by molar-refractivity contribution is 7.89. The number of aryl methyl sites for hydroxylation is 1. The van der Waals surface area contributed by atoms with Crippen LogP contribution in [0.4, 0.5) is 0 Å². The normalized spacial score (nSPS) is 21.7. The van der Waals surface area contributed by atoms with Gasteiger partial charge in [0.2, 0.25) is 10.0 Å². The average molecular weight is 315 g/mol. The summed E-state index contributed by atoms with van der Waals surface area (Å²) in [6.45, 7) is 2.05. The fourth-order valence-electron chi connectivity index (χ4n) is 2.42. The molecule has 2 N–H and O–H groups in total. The van der Waals surface area contributed by atoms with Gasteiger partial charge in [-0.05, 0) is 37.3 Å². The summed E-state index contributed by atoms with van der Waals surface area (Å²) in [5.74, 6) is 1.08. The van der Waals surface area contributed by atoms with E-state index in [1.807, 2.05) is 0 Å². The lowest BCUT2D eigenvalue weighted by Gasteiger charge is -2.31. The van der Waals surface area contributed by atoms with Crippen LogP contribution in [0.25, 0.3) is 0 Å². The van der Waals surface area contributed by atoms with Crippen LogP contribution in [0.5, 0.6) is 11.5 Å². The van der Waals surface area contributed by atoms with E-state index in [0.717, 1.165) is 0 Å². The summed E-state index contributed by atoms with van der Waals surface area (Å²) >= 11 is 0. The van der Waals surface area contributed by atoms with Crippen LogP contribution in [0, 0.1) is 12.8 Å². The zero-order valence-corrected chi connectivity index (χ0v) is 13.2. The standard InChI is InChI=1S/C14H21NO5S/c1-9-4-12(19-2)13(20-3)7-14(9)21(17,18)15-8-10-5-11(16)6-10/h4,7,10-11,15-16H,5-6,8H2,1-3H3. The van der Waals surface area contributed by atoms with E-state index in [0.29, 0.717) is 36.4 Å². The number of hydrogen-bond donors (Lipinski definition) is 2. The molecular formula is C14H21NO5S. The second-order valence-electron chi connectivity index (χ2n) is 5.32. The Morgan fingerprint density at radius 2 is 1.81 bits per heavy atom. The number of rotatable bonds is 6. The van der Waals surface area contributed by atoms with Gasteiger partial charge >= 0.3 is 0 Å². The molecule has 0 aliphatic heterocycles. The van der Waals surface area contributed by atoms with Gasteiger partial charge in [-0.15, -0.1) is 0 Å². The monoisotopic (exact) mass is 315 g/mol. The lowest BCUT2D eigenvalue weighted by atomic mass is 9.83. The van der Waals surface area contributed by atoms with Crippen molar-refractivity contribution < 1.29 is 23.0 Å². The molecule has 0 radical (unpaired) electrons. The smallest absolute Gasteiger partial charge is 0.240 e. The predicted octanol–water partition coefficient (Wildman–Crippen LogP) is 1.06. The average Bonchev–Trinajstić information content (AvgIpc) is 2.41. The van der Waals surface area contributed by atoms with Crippen LogP contribution < -0.4 is 14.2 Å². The lowest BCUT2D eigenvalue weighted by molar-refractivity contribution is 0.0453. The summed E-state index contributed by atoms with van der Waals surface area (Å²) in [5.41, 5.74) is 0.591. The maximum atomic E-state index is 12.4. The molecule has 0 amide bonds. The largest absolute Gasteiger partial charge is 0.493 e. The number of aliphatic hydroxyl groups is 1. The number of nitrogens with one attached hydrogen (secondary N) is 1. The van der Waals surface area contributed by atoms with Gasteiger partial charge in [0, 0.05) is 12.6 Å². The molecule has 1 aromatic rings. The van der Waals surface area contributed by atoms with E-state index in [2.05, 4.69) is 4.72 Å². The SMILES string of the molecule is COc1cc(C)c(S(=O)(=O)NCC2CC(O)C2)cc1OC. The zero-order valence-electron chi connectivity index (χ0n) is 12.4. The molecule has 0 atom stereocenters. The minimum Gasteiger partial charge on any atom is -0.493 e. The van der Waals surface area contributed by atoms with Crippen molar-refractivity contribution in [2.45, 2.75) is 30.8 Å². The fourth-order valence-corrected chi connectivity index (χ4v) is 3.78. The molecule has 0 heterocycles. The first kappa shape index (κ1) is 16.1. The van der Waals surface area contributed by atoms with E-state index in [9.17, 15) is 13.5 Å². The summed E-state index contributed by atoms with van der Waals surface area (Å²) in [6, 6.07) is 3.10. The molecular weight excluding hydrogens is 294 g/mol. The van der Waals surface area contributed by atoms with Crippen molar-refractivity contribution in [1.82, 2.24) is 4.72 Å². The van der Waals surface area contributed by atoms with Crippen molar-refractivity contribution in [3.63, 3.8) is 0 Å². The molecule has 21 heavy (non-hydrogen) atoms. The molecule has 0 spiro atoms. The number of benzene rings is 1. The lowest BCUT2D eigenvalue weighted by Crippen LogP contribution is -2.38. The fraction of sp³-hybridized carbons (Fsp3) is 0.571. The minimum atomic E-state index is -3.60. The molecule has 2 rings (SSSR count). The van der Waals surface area contributed by atoms with Gasteiger partial charge in [-0.2, -0.15) is 0 Å². The summed E-state index contributed by atoms with van der Waals surface area (Å²) in [5, 5.41) is 9.23. The third kappa shape index (κ3) is 3.48. The predicted molar refractivity (Wildman–Crippen MR) is 78.2 cm³/mol. The van der Waals surface area contributed by atoms with Crippen molar-refractivity contribution in [2.75, 3.05) is 20.8 Å². The summed E-state index contributed by atoms with van der Waals surface area (Å²) in [4.78, 5) is 0.181. The Kier molecular flexibility index (Phi) is 4.75. The van der Waals surface area contributed by atoms with Crippen molar-refractivity contribution in [2.24, 2.45) is 5.92 Å². The maximum absolute atomic E-state index is 12.4. The molecule has 1 saturated carbocycles. The third-order valence-corrected chi connectivity index (χ3v) is 5.31. The summed E-state index contributed by atoms with van der Waals surface area (Å²) in [6.07, 6.45) is 1.00. The first-order chi connectivity index (χ1) is 9.87. The molecule has 1 aliphatic rings. The van der Waals surface area contributed by atoms with Gasteiger partial charge in [0.25, 0.3) is 0 Å². The van der Waals surface area contributed by atoms with E-state index in [-0.39, 0.29) is 16.9 Å². The molecule has 0 aromatic heterocycles. The number of methoxy groups -OCH3 is 2. The number of ether oxygens (including phenoxy) is 2. The zero-order chi connectivity index (χ0) is 15.6. The van der Waals surface area contributed by atoms with Gasteiger partial charge in [-0.3, -0.25) is 0 Å². The van der Waals surface area contributed by atoms with Crippen LogP contribution in [0.1, 0.15) is 18.4 Å². The Morgan fingerprint density at radius 1 is 1.24 bits per heavy atom. The Morgan fingerprint density at radius 3 is 2.33 bits per heavy atom. The highest BCUT2D eigenvalue weighted by Crippen LogP contribution is 2.32. The third-order valence-electron chi connectivity index (χ3n) is 3.74. The van der Waals surface area contributed by atoms with E-state index in [1.54, 1.807) is 13.0 Å². The Bertz CT molecular complexity index is 608. The van der Waals surface area contributed by atoms with Crippen LogP contribution >= 0.6 is 0 Å². The van der Waals surface area contributed by atoms with Crippen molar-refractivity contribution in [1.29, 1.82) is 0 Å². The second-order valence-corrected chi connectivity index (χ2v) is 7.05. The van der Waals surface area contributed by atoms with Crippen LogP contribution in [0.3, 0.4) is 0 Å². The molecule has 1 fully saturated rings. The van der Waals surface area contributed by atoms with Crippen LogP contribution in [0.15, 0.2) is 17.0 Å². The van der Waals surface area contributed by atoms with Gasteiger partial charge in [0.15, 0.2) is 11.5 Å². The Hall–Kier alpha value is -1.31. The molecule has 0 bridgehead atoms. The maximum Gasteiger partial charge on any atom is 0.240 e. The van der Waals surface area contributed by atoms with Crippen LogP contribution in [0.2, 0.25) is 0 Å². The van der Waals surface area contributed by atoms with Gasteiger partial charge in [0.1, 0.15) is 0 Å². The molecule has 0 unspecified atom stereocenters. The Labute approximate surface area is 125 Å². The molecule has 1 aromatic carbocycles. The van der Waals surface area contributed by atoms with E-state index in [4.69, 9.17) is 9.47 Å². The van der Waals surface area contributed by atoms with Gasteiger partial charge in [-0.1, -0.05) is 0 Å². The highest BCUT2D eigenvalue weighted by Gasteiger charge is 2.29. The van der Waals surface area contributed by atoms with Crippen LogP contribution in [-0.4, -0.2) is 40.4 Å². The summed E-state index contributed by atoms with van der Waals surface area (Å²) < 4.78 is 37.6. The first-order valence-corrected chi connectivity index (χ1v) is 8.26. The van der Waals surface area contributed by atoms with Crippen molar-refractivity contribution >= 4 is 10.0 Å². The van der Waals surface area contributed by atoms with Crippen molar-refractivity contribution in [3.8, 4) is 11.5 Å². The Balaban J connectivity index is 2.18. The van der Waals surface area contributed by atoms with Gasteiger partial charge < -0.3 is 14.6 Å². The topological polar surface area (TPSA) is 84.9 Å². The second kappa shape index (κ2) is 6.21. The van der Waals surface area contributed by atoms with Crippen molar-refractivity contribution in [3.05, 3.63) is 17.7 Å². The molecule has 6 nitrogen and oxygen atoms in total. The molecule has 0 saturated heterocycles. The van der Waals surface area contributed by atoms with Gasteiger partial charge in [0.05, 0.1) is 25.2 Å². The van der Waals surface area contributed by atoms with Crippen LogP contribution in [-0.2, 0) is 10.0 Å². The molecule has 118 valence electrons. The quantitative estimate of drug-likeness (QED) is 0.820. The number of sulfonamides is 1. The molecule has 7 heteroatoms. The van der Waals surface area contributed by atoms with E-state index < -0.39 is 10.0 Å². The van der Waals surface area contributed by atoms with E-state index in [1.165, 1.54) is 20.3 Å². The van der Waals surface area contributed by atoms with E-state index >= 15 is 0 Å². The molecule has 1 aliphatic carbocycles. The minimum absolute atomic E-state index is 0.181. The first-order valence-electron chi connectivity index (χ1n) is 6.77.